The second-order valence-electron chi connectivity index (χ2n) is 3.75. The summed E-state index contributed by atoms with van der Waals surface area (Å²) in [6.07, 6.45) is 2.04. The van der Waals surface area contributed by atoms with Crippen molar-refractivity contribution >= 4 is 17.6 Å². The average Bonchev–Trinajstić information content (AvgIpc) is 2.41. The van der Waals surface area contributed by atoms with Crippen LogP contribution in [0.5, 0.6) is 0 Å². The van der Waals surface area contributed by atoms with Gasteiger partial charge in [0.05, 0.1) is 11.8 Å². The van der Waals surface area contributed by atoms with Crippen LogP contribution in [0.25, 0.3) is 0 Å². The van der Waals surface area contributed by atoms with Gasteiger partial charge in [-0.1, -0.05) is 0 Å². The van der Waals surface area contributed by atoms with E-state index in [2.05, 4.69) is 15.3 Å². The molecular weight excluding hydrogens is 269 g/mol. The Morgan fingerprint density at radius 3 is 2.70 bits per heavy atom. The largest absolute Gasteiger partial charge is 0.478 e. The molecule has 0 radical (unpaired) electrons. The lowest BCUT2D eigenvalue weighted by atomic mass is 10.2. The van der Waals surface area contributed by atoms with Crippen molar-refractivity contribution in [3.63, 3.8) is 0 Å². The van der Waals surface area contributed by atoms with Gasteiger partial charge < -0.3 is 15.4 Å². The SMILES string of the molecule is O=C(Nc1ccc(F)c(C(=O)O)c1)c1c[nH]c(=O)cn1. The second kappa shape index (κ2) is 5.31. The van der Waals surface area contributed by atoms with Crippen LogP contribution in [-0.4, -0.2) is 27.0 Å². The van der Waals surface area contributed by atoms with Gasteiger partial charge in [-0.3, -0.25) is 9.59 Å². The number of aromatic nitrogens is 2. The number of carboxylic acids is 1. The topological polar surface area (TPSA) is 112 Å². The highest BCUT2D eigenvalue weighted by Gasteiger charge is 2.13. The molecule has 1 heterocycles. The molecule has 3 N–H and O–H groups in total. The summed E-state index contributed by atoms with van der Waals surface area (Å²) in [5.74, 6) is -3.01. The van der Waals surface area contributed by atoms with Gasteiger partial charge in [0.1, 0.15) is 11.5 Å². The normalized spacial score (nSPS) is 10.1. The molecule has 0 atom stereocenters. The maximum absolute atomic E-state index is 13.2. The third-order valence-corrected chi connectivity index (χ3v) is 2.36. The van der Waals surface area contributed by atoms with E-state index < -0.39 is 28.8 Å². The Morgan fingerprint density at radius 2 is 2.10 bits per heavy atom. The molecule has 1 amide bonds. The van der Waals surface area contributed by atoms with E-state index in [1.54, 1.807) is 0 Å². The second-order valence-corrected chi connectivity index (χ2v) is 3.75. The Morgan fingerprint density at radius 1 is 1.35 bits per heavy atom. The molecule has 20 heavy (non-hydrogen) atoms. The van der Waals surface area contributed by atoms with Crippen LogP contribution < -0.4 is 10.9 Å². The van der Waals surface area contributed by atoms with Gasteiger partial charge in [0.15, 0.2) is 0 Å². The number of H-pyrrole nitrogens is 1. The zero-order chi connectivity index (χ0) is 14.7. The van der Waals surface area contributed by atoms with Crippen molar-refractivity contribution in [2.45, 2.75) is 0 Å². The number of halogens is 1. The van der Waals surface area contributed by atoms with E-state index in [-0.39, 0.29) is 11.4 Å². The van der Waals surface area contributed by atoms with Crippen LogP contribution in [0.1, 0.15) is 20.8 Å². The third kappa shape index (κ3) is 2.86. The number of nitrogens with one attached hydrogen (secondary N) is 2. The van der Waals surface area contributed by atoms with Crippen LogP contribution in [0, 0.1) is 5.82 Å². The van der Waals surface area contributed by atoms with E-state index in [9.17, 15) is 18.8 Å². The van der Waals surface area contributed by atoms with Crippen LogP contribution in [0.4, 0.5) is 10.1 Å². The van der Waals surface area contributed by atoms with Crippen LogP contribution >= 0.6 is 0 Å². The van der Waals surface area contributed by atoms with Gasteiger partial charge in [0, 0.05) is 11.9 Å². The van der Waals surface area contributed by atoms with E-state index in [1.165, 1.54) is 6.07 Å². The van der Waals surface area contributed by atoms with Gasteiger partial charge in [0.2, 0.25) is 0 Å². The van der Waals surface area contributed by atoms with Gasteiger partial charge >= 0.3 is 5.97 Å². The lowest BCUT2D eigenvalue weighted by Gasteiger charge is -2.06. The van der Waals surface area contributed by atoms with E-state index >= 15 is 0 Å². The maximum atomic E-state index is 13.2. The van der Waals surface area contributed by atoms with Crippen LogP contribution in [0.2, 0.25) is 0 Å². The smallest absolute Gasteiger partial charge is 0.338 e. The average molecular weight is 277 g/mol. The number of hydrogen-bond donors (Lipinski definition) is 3. The van der Waals surface area contributed by atoms with Crippen molar-refractivity contribution < 1.29 is 19.1 Å². The molecule has 2 aromatic rings. The Hall–Kier alpha value is -3.03. The fourth-order valence-electron chi connectivity index (χ4n) is 1.43. The predicted octanol–water partition coefficient (Wildman–Crippen LogP) is 0.859. The first-order valence-electron chi connectivity index (χ1n) is 5.36. The van der Waals surface area contributed by atoms with Crippen molar-refractivity contribution in [2.24, 2.45) is 0 Å². The van der Waals surface area contributed by atoms with Gasteiger partial charge in [-0.15, -0.1) is 0 Å². The summed E-state index contributed by atoms with van der Waals surface area (Å²) in [5.41, 5.74) is -0.985. The van der Waals surface area contributed by atoms with Crippen molar-refractivity contribution in [3.05, 3.63) is 58.0 Å². The number of aromatic amines is 1. The van der Waals surface area contributed by atoms with Gasteiger partial charge in [-0.2, -0.15) is 0 Å². The van der Waals surface area contributed by atoms with Crippen molar-refractivity contribution in [3.8, 4) is 0 Å². The molecule has 2 rings (SSSR count). The highest BCUT2D eigenvalue weighted by Crippen LogP contribution is 2.15. The number of rotatable bonds is 3. The molecule has 0 spiro atoms. The van der Waals surface area contributed by atoms with E-state index in [4.69, 9.17) is 5.11 Å². The molecule has 102 valence electrons. The Balaban J connectivity index is 2.24. The number of aromatic carboxylic acids is 1. The van der Waals surface area contributed by atoms with E-state index in [1.807, 2.05) is 0 Å². The molecule has 0 fully saturated rings. The summed E-state index contributed by atoms with van der Waals surface area (Å²) >= 11 is 0. The van der Waals surface area contributed by atoms with Crippen molar-refractivity contribution in [1.82, 2.24) is 9.97 Å². The van der Waals surface area contributed by atoms with Crippen molar-refractivity contribution in [2.75, 3.05) is 5.32 Å². The lowest BCUT2D eigenvalue weighted by Crippen LogP contribution is -2.17. The molecule has 7 nitrogen and oxygen atoms in total. The zero-order valence-electron chi connectivity index (χ0n) is 9.88. The number of benzene rings is 1. The molecule has 0 aliphatic heterocycles. The summed E-state index contributed by atoms with van der Waals surface area (Å²) < 4.78 is 13.2. The first-order chi connectivity index (χ1) is 9.47. The van der Waals surface area contributed by atoms with Crippen LogP contribution in [0.15, 0.2) is 35.4 Å². The van der Waals surface area contributed by atoms with Gasteiger partial charge in [-0.25, -0.2) is 14.2 Å². The number of carbonyl (C=O) groups is 2. The molecule has 0 bridgehead atoms. The highest BCUT2D eigenvalue weighted by atomic mass is 19.1. The summed E-state index contributed by atoms with van der Waals surface area (Å²) in [6.45, 7) is 0. The van der Waals surface area contributed by atoms with Gasteiger partial charge in [-0.05, 0) is 18.2 Å². The summed E-state index contributed by atoms with van der Waals surface area (Å²) in [7, 11) is 0. The number of amides is 1. The summed E-state index contributed by atoms with van der Waals surface area (Å²) in [5, 5.41) is 11.1. The standard InChI is InChI=1S/C12H8FN3O4/c13-8-2-1-6(3-7(8)12(19)20)16-11(18)9-4-15-10(17)5-14-9/h1-5H,(H,15,17)(H,16,18)(H,19,20). The summed E-state index contributed by atoms with van der Waals surface area (Å²) in [6, 6.07) is 3.13. The minimum Gasteiger partial charge on any atom is -0.478 e. The molecule has 1 aromatic carbocycles. The monoisotopic (exact) mass is 277 g/mol. The first-order valence-corrected chi connectivity index (χ1v) is 5.36. The molecule has 1 aromatic heterocycles. The quantitative estimate of drug-likeness (QED) is 0.770. The molecule has 8 heteroatoms. The predicted molar refractivity (Wildman–Crippen MR) is 66.2 cm³/mol. The zero-order valence-corrected chi connectivity index (χ0v) is 9.88. The number of hydrogen-bond acceptors (Lipinski definition) is 4. The fourth-order valence-corrected chi connectivity index (χ4v) is 1.43. The number of anilines is 1. The van der Waals surface area contributed by atoms with Crippen LogP contribution in [-0.2, 0) is 0 Å². The van der Waals surface area contributed by atoms with E-state index in [0.717, 1.165) is 24.5 Å². The molecule has 0 aliphatic carbocycles. The Labute approximate surface area is 111 Å². The molecular formula is C12H8FN3O4. The molecule has 0 saturated heterocycles. The van der Waals surface area contributed by atoms with Gasteiger partial charge in [0.25, 0.3) is 11.5 Å². The minimum atomic E-state index is -1.44. The molecule has 0 aliphatic rings. The first kappa shape index (κ1) is 13.4. The Bertz CT molecular complexity index is 721. The molecule has 0 unspecified atom stereocenters. The molecule has 0 saturated carbocycles. The number of nitrogens with zero attached hydrogens (tertiary/aromatic N) is 1. The number of carboxylic acid groups (broad SMARTS) is 1. The fraction of sp³-hybridized carbons (Fsp3) is 0. The Kier molecular flexibility index (Phi) is 3.56. The third-order valence-electron chi connectivity index (χ3n) is 2.36. The van der Waals surface area contributed by atoms with Crippen LogP contribution in [0.3, 0.4) is 0 Å². The summed E-state index contributed by atoms with van der Waals surface area (Å²) in [4.78, 5) is 39.2. The number of carbonyl (C=O) groups excluding carboxylic acids is 1. The maximum Gasteiger partial charge on any atom is 0.338 e. The highest BCUT2D eigenvalue weighted by molar-refractivity contribution is 6.03. The van der Waals surface area contributed by atoms with E-state index in [0.29, 0.717) is 0 Å². The lowest BCUT2D eigenvalue weighted by molar-refractivity contribution is 0.0691. The minimum absolute atomic E-state index is 0.0641. The van der Waals surface area contributed by atoms with Crippen molar-refractivity contribution in [1.29, 1.82) is 0 Å².